The van der Waals surface area contributed by atoms with Crippen LogP contribution in [0.1, 0.15) is 44.5 Å². The third-order valence-corrected chi connectivity index (χ3v) is 7.00. The number of imidazole rings is 1. The van der Waals surface area contributed by atoms with E-state index in [9.17, 15) is 4.79 Å². The van der Waals surface area contributed by atoms with Crippen molar-refractivity contribution in [1.29, 1.82) is 0 Å². The first-order chi connectivity index (χ1) is 16.6. The molecule has 2 aromatic carbocycles. The molecular weight excluding hydrogens is 454 g/mol. The SMILES string of the molecule is COC(=O)c1ccc2nc(Oc3ccc(B4OC(C)(C)C(C)(C)O4)cc3F)n(CC3CCO3)c2c1. The maximum Gasteiger partial charge on any atom is 0.494 e. The summed E-state index contributed by atoms with van der Waals surface area (Å²) in [6.07, 6.45) is 0.888. The van der Waals surface area contributed by atoms with Gasteiger partial charge in [0.2, 0.25) is 0 Å². The number of nitrogens with zero attached hydrogens (tertiary/aromatic N) is 2. The first kappa shape index (κ1) is 23.8. The third-order valence-electron chi connectivity index (χ3n) is 7.00. The van der Waals surface area contributed by atoms with Gasteiger partial charge in [0.15, 0.2) is 11.6 Å². The molecule has 1 unspecified atom stereocenters. The lowest BCUT2D eigenvalue weighted by atomic mass is 9.79. The Labute approximate surface area is 203 Å². The number of rotatable bonds is 6. The van der Waals surface area contributed by atoms with Gasteiger partial charge in [0.1, 0.15) is 0 Å². The minimum Gasteiger partial charge on any atom is -0.465 e. The number of carbonyl (C=O) groups excluding carboxylic acids is 1. The lowest BCUT2D eigenvalue weighted by Gasteiger charge is -2.32. The maximum absolute atomic E-state index is 15.2. The molecule has 10 heteroatoms. The highest BCUT2D eigenvalue weighted by atomic mass is 19.1. The average Bonchev–Trinajstić information content (AvgIpc) is 3.23. The number of carbonyl (C=O) groups is 1. The quantitative estimate of drug-likeness (QED) is 0.390. The van der Waals surface area contributed by atoms with Gasteiger partial charge in [0.05, 0.1) is 47.6 Å². The van der Waals surface area contributed by atoms with Gasteiger partial charge in [-0.05, 0) is 69.9 Å². The van der Waals surface area contributed by atoms with Crippen molar-refractivity contribution in [3.63, 3.8) is 0 Å². The molecule has 3 heterocycles. The van der Waals surface area contributed by atoms with E-state index >= 15 is 4.39 Å². The fourth-order valence-corrected chi connectivity index (χ4v) is 4.06. The summed E-state index contributed by atoms with van der Waals surface area (Å²) in [5.41, 5.74) is 1.18. The number of halogens is 1. The zero-order valence-electron chi connectivity index (χ0n) is 20.5. The molecule has 0 bridgehead atoms. The van der Waals surface area contributed by atoms with Crippen LogP contribution in [0, 0.1) is 5.82 Å². The van der Waals surface area contributed by atoms with Gasteiger partial charge < -0.3 is 23.5 Å². The minimum atomic E-state index is -0.680. The zero-order valence-corrected chi connectivity index (χ0v) is 20.5. The molecule has 0 spiro atoms. The first-order valence-corrected chi connectivity index (χ1v) is 11.6. The molecule has 2 saturated heterocycles. The van der Waals surface area contributed by atoms with Crippen LogP contribution < -0.4 is 10.2 Å². The lowest BCUT2D eigenvalue weighted by molar-refractivity contribution is -0.0593. The second kappa shape index (κ2) is 8.62. The summed E-state index contributed by atoms with van der Waals surface area (Å²) in [4.78, 5) is 16.6. The van der Waals surface area contributed by atoms with E-state index in [1.165, 1.54) is 13.2 Å². The van der Waals surface area contributed by atoms with Gasteiger partial charge in [-0.3, -0.25) is 4.57 Å². The molecule has 35 heavy (non-hydrogen) atoms. The molecule has 2 fully saturated rings. The van der Waals surface area contributed by atoms with E-state index in [1.54, 1.807) is 34.9 Å². The van der Waals surface area contributed by atoms with Gasteiger partial charge in [0.25, 0.3) is 0 Å². The van der Waals surface area contributed by atoms with E-state index in [1.807, 2.05) is 27.7 Å². The van der Waals surface area contributed by atoms with Crippen molar-refractivity contribution < 1.29 is 32.7 Å². The fourth-order valence-electron chi connectivity index (χ4n) is 4.06. The number of fused-ring (bicyclic) bond motifs is 1. The summed E-state index contributed by atoms with van der Waals surface area (Å²) in [6, 6.07) is 9.86. The standard InChI is InChI=1S/C25H28BFN2O6/c1-24(2)25(3,4)35-26(34-24)16-7-9-21(18(27)13-16)33-23-28-19-8-6-15(22(30)31-5)12-20(19)29(23)14-17-10-11-32-17/h6-9,12-13,17H,10-11,14H2,1-5H3. The molecule has 0 radical (unpaired) electrons. The van der Waals surface area contributed by atoms with Crippen LogP contribution in [0.2, 0.25) is 0 Å². The van der Waals surface area contributed by atoms with Crippen LogP contribution in [0.4, 0.5) is 4.39 Å². The minimum absolute atomic E-state index is 0.00729. The van der Waals surface area contributed by atoms with Crippen molar-refractivity contribution in [2.45, 2.75) is 58.0 Å². The highest BCUT2D eigenvalue weighted by molar-refractivity contribution is 6.62. The molecule has 2 aliphatic rings. The van der Waals surface area contributed by atoms with Crippen molar-refractivity contribution in [1.82, 2.24) is 9.55 Å². The summed E-state index contributed by atoms with van der Waals surface area (Å²) in [6.45, 7) is 8.94. The van der Waals surface area contributed by atoms with Crippen molar-refractivity contribution in [2.75, 3.05) is 13.7 Å². The smallest absolute Gasteiger partial charge is 0.465 e. The monoisotopic (exact) mass is 482 g/mol. The van der Waals surface area contributed by atoms with Gasteiger partial charge in [-0.1, -0.05) is 6.07 Å². The lowest BCUT2D eigenvalue weighted by Crippen LogP contribution is -2.41. The number of esters is 1. The molecule has 3 aromatic rings. The molecule has 0 N–H and O–H groups in total. The summed E-state index contributed by atoms with van der Waals surface area (Å²) in [5, 5.41) is 0. The largest absolute Gasteiger partial charge is 0.494 e. The van der Waals surface area contributed by atoms with Crippen molar-refractivity contribution in [3.05, 3.63) is 47.8 Å². The Bertz CT molecular complexity index is 1270. The molecule has 8 nitrogen and oxygen atoms in total. The van der Waals surface area contributed by atoms with E-state index in [4.69, 9.17) is 23.5 Å². The van der Waals surface area contributed by atoms with Gasteiger partial charge in [-0.25, -0.2) is 9.18 Å². The number of benzene rings is 2. The highest BCUT2D eigenvalue weighted by Gasteiger charge is 2.51. The van der Waals surface area contributed by atoms with Gasteiger partial charge >= 0.3 is 19.1 Å². The molecule has 2 aliphatic heterocycles. The molecule has 184 valence electrons. The Morgan fingerprint density at radius 3 is 2.49 bits per heavy atom. The first-order valence-electron chi connectivity index (χ1n) is 11.6. The fraction of sp³-hybridized carbons (Fsp3) is 0.440. The molecule has 1 atom stereocenters. The topological polar surface area (TPSA) is 81.0 Å². The molecular formula is C25H28BFN2O6. The maximum atomic E-state index is 15.2. The molecule has 0 saturated carbocycles. The van der Waals surface area contributed by atoms with Crippen LogP contribution in [-0.4, -0.2) is 53.7 Å². The van der Waals surface area contributed by atoms with Crippen LogP contribution in [-0.2, 0) is 25.3 Å². The molecule has 1 aromatic heterocycles. The second-order valence-corrected chi connectivity index (χ2v) is 9.86. The summed E-state index contributed by atoms with van der Waals surface area (Å²) >= 11 is 0. The molecule has 5 rings (SSSR count). The zero-order chi connectivity index (χ0) is 25.0. The van der Waals surface area contributed by atoms with Gasteiger partial charge in [0, 0.05) is 6.61 Å². The van der Waals surface area contributed by atoms with Gasteiger partial charge in [-0.15, -0.1) is 0 Å². The van der Waals surface area contributed by atoms with Crippen molar-refractivity contribution in [3.8, 4) is 11.8 Å². The van der Waals surface area contributed by atoms with Crippen molar-refractivity contribution >= 4 is 29.6 Å². The van der Waals surface area contributed by atoms with Crippen molar-refractivity contribution in [2.24, 2.45) is 0 Å². The molecule has 0 amide bonds. The van der Waals surface area contributed by atoms with Crippen LogP contribution in [0.25, 0.3) is 11.0 Å². The van der Waals surface area contributed by atoms with Crippen LogP contribution >= 0.6 is 0 Å². The number of aromatic nitrogens is 2. The van der Waals surface area contributed by atoms with E-state index in [2.05, 4.69) is 4.98 Å². The average molecular weight is 482 g/mol. The van der Waals surface area contributed by atoms with E-state index in [0.717, 1.165) is 6.42 Å². The third kappa shape index (κ3) is 4.30. The van der Waals surface area contributed by atoms with Crippen LogP contribution in [0.5, 0.6) is 11.8 Å². The molecule has 0 aliphatic carbocycles. The van der Waals surface area contributed by atoms with E-state index in [-0.39, 0.29) is 17.9 Å². The Morgan fingerprint density at radius 1 is 1.17 bits per heavy atom. The predicted molar refractivity (Wildman–Crippen MR) is 128 cm³/mol. The number of ether oxygens (including phenoxy) is 3. The van der Waals surface area contributed by atoms with E-state index in [0.29, 0.717) is 35.2 Å². The number of hydrogen-bond acceptors (Lipinski definition) is 7. The normalized spacial score (nSPS) is 20.6. The Morgan fingerprint density at radius 2 is 1.89 bits per heavy atom. The second-order valence-electron chi connectivity index (χ2n) is 9.86. The van der Waals surface area contributed by atoms with Crippen LogP contribution in [0.15, 0.2) is 36.4 Å². The summed E-state index contributed by atoms with van der Waals surface area (Å²) in [7, 11) is 0.650. The highest BCUT2D eigenvalue weighted by Crippen LogP contribution is 2.37. The summed E-state index contributed by atoms with van der Waals surface area (Å²) < 4.78 is 45.4. The number of hydrogen-bond donors (Lipinski definition) is 0. The summed E-state index contributed by atoms with van der Waals surface area (Å²) in [5.74, 6) is -0.998. The Balaban J connectivity index is 1.45. The van der Waals surface area contributed by atoms with Gasteiger partial charge in [-0.2, -0.15) is 4.98 Å². The Kier molecular flexibility index (Phi) is 5.86. The number of methoxy groups -OCH3 is 1. The van der Waals surface area contributed by atoms with Crippen LogP contribution in [0.3, 0.4) is 0 Å². The Hall–Kier alpha value is -2.95. The predicted octanol–water partition coefficient (Wildman–Crippen LogP) is 3.84. The van der Waals surface area contributed by atoms with E-state index < -0.39 is 30.1 Å².